The van der Waals surface area contributed by atoms with E-state index in [1.807, 2.05) is 31.4 Å². The number of rotatable bonds is 3. The van der Waals surface area contributed by atoms with Gasteiger partial charge in [-0.25, -0.2) is 0 Å². The van der Waals surface area contributed by atoms with Gasteiger partial charge < -0.3 is 15.3 Å². The van der Waals surface area contributed by atoms with Gasteiger partial charge in [-0.05, 0) is 38.1 Å². The number of nitrogens with one attached hydrogen (secondary N) is 1. The highest BCUT2D eigenvalue weighted by molar-refractivity contribution is 5.87. The number of aromatic nitrogens is 2. The highest BCUT2D eigenvalue weighted by Gasteiger charge is 2.33. The van der Waals surface area contributed by atoms with E-state index in [4.69, 9.17) is 0 Å². The number of nitrogens with zero attached hydrogens (tertiary/aromatic N) is 3. The van der Waals surface area contributed by atoms with Crippen LogP contribution in [0.15, 0.2) is 30.6 Å². The van der Waals surface area contributed by atoms with Gasteiger partial charge in [0.25, 0.3) is 0 Å². The molecule has 0 saturated carbocycles. The van der Waals surface area contributed by atoms with Gasteiger partial charge in [0.15, 0.2) is 0 Å². The molecule has 1 fully saturated rings. The Kier molecular flexibility index (Phi) is 3.54. The molecule has 0 aromatic carbocycles. The molecule has 0 amide bonds. The Balaban J connectivity index is 1.94. The molecule has 1 aliphatic rings. The molecule has 2 aromatic heterocycles. The Bertz CT molecular complexity index is 594. The normalized spacial score (nSPS) is 23.2. The van der Waals surface area contributed by atoms with Crippen LogP contribution in [0.4, 0.5) is 5.69 Å². The zero-order valence-electron chi connectivity index (χ0n) is 11.7. The van der Waals surface area contributed by atoms with Crippen LogP contribution in [0, 0.1) is 0 Å². The minimum atomic E-state index is -0.669. The molecular formula is C15H20N4O. The highest BCUT2D eigenvalue weighted by Crippen LogP contribution is 2.29. The Morgan fingerprint density at radius 1 is 1.35 bits per heavy atom. The second-order valence-electron chi connectivity index (χ2n) is 5.48. The number of hydrogen-bond acceptors (Lipinski definition) is 5. The standard InChI is InChI=1S/C15H20N4O/c1-16-10-15(20)6-3-9-19(11-15)13-5-8-17-12-4-2-7-18-14(12)13/h2,4-5,7-8,16,20H,3,6,9-11H2,1H3/t15-/m1/s1. The summed E-state index contributed by atoms with van der Waals surface area (Å²) in [5.41, 5.74) is 2.19. The van der Waals surface area contributed by atoms with Gasteiger partial charge in [0.2, 0.25) is 0 Å². The second kappa shape index (κ2) is 5.34. The third-order valence-corrected chi connectivity index (χ3v) is 3.88. The van der Waals surface area contributed by atoms with Crippen molar-refractivity contribution in [3.05, 3.63) is 30.6 Å². The molecule has 3 rings (SSSR count). The van der Waals surface area contributed by atoms with Crippen molar-refractivity contribution in [3.63, 3.8) is 0 Å². The first-order chi connectivity index (χ1) is 9.72. The molecule has 2 aromatic rings. The molecule has 1 atom stereocenters. The van der Waals surface area contributed by atoms with Crippen molar-refractivity contribution in [2.75, 3.05) is 31.6 Å². The number of β-amino-alcohol motifs (C(OH)–C–C–N with tert-alkyl or cyclic N) is 1. The van der Waals surface area contributed by atoms with Crippen LogP contribution in [-0.4, -0.2) is 47.4 Å². The lowest BCUT2D eigenvalue weighted by Crippen LogP contribution is -2.53. The Labute approximate surface area is 118 Å². The minimum absolute atomic E-state index is 0.611. The fourth-order valence-electron chi connectivity index (χ4n) is 3.01. The predicted octanol–water partition coefficient (Wildman–Crippen LogP) is 1.18. The van der Waals surface area contributed by atoms with Crippen LogP contribution >= 0.6 is 0 Å². The Morgan fingerprint density at radius 2 is 2.25 bits per heavy atom. The summed E-state index contributed by atoms with van der Waals surface area (Å²) < 4.78 is 0. The summed E-state index contributed by atoms with van der Waals surface area (Å²) in [5, 5.41) is 13.7. The molecule has 106 valence electrons. The average Bonchev–Trinajstić information content (AvgIpc) is 2.46. The number of likely N-dealkylation sites (N-methyl/N-ethyl adjacent to an activating group) is 1. The predicted molar refractivity (Wildman–Crippen MR) is 79.9 cm³/mol. The van der Waals surface area contributed by atoms with Gasteiger partial charge in [-0.2, -0.15) is 0 Å². The first-order valence-electron chi connectivity index (χ1n) is 7.03. The molecular weight excluding hydrogens is 252 g/mol. The van der Waals surface area contributed by atoms with Crippen molar-refractivity contribution >= 4 is 16.7 Å². The zero-order valence-corrected chi connectivity index (χ0v) is 11.7. The van der Waals surface area contributed by atoms with Gasteiger partial charge in [-0.1, -0.05) is 0 Å². The van der Waals surface area contributed by atoms with E-state index in [-0.39, 0.29) is 0 Å². The van der Waals surface area contributed by atoms with Gasteiger partial charge in [-0.15, -0.1) is 0 Å². The molecule has 5 heteroatoms. The summed E-state index contributed by atoms with van der Waals surface area (Å²) in [6.07, 6.45) is 5.41. The third kappa shape index (κ3) is 2.46. The minimum Gasteiger partial charge on any atom is -0.387 e. The van der Waals surface area contributed by atoms with E-state index in [1.165, 1.54) is 0 Å². The molecule has 3 heterocycles. The average molecular weight is 272 g/mol. The monoisotopic (exact) mass is 272 g/mol. The van der Waals surface area contributed by atoms with Gasteiger partial charge >= 0.3 is 0 Å². The van der Waals surface area contributed by atoms with E-state index in [0.29, 0.717) is 13.1 Å². The van der Waals surface area contributed by atoms with Crippen molar-refractivity contribution in [2.24, 2.45) is 0 Å². The smallest absolute Gasteiger partial charge is 0.112 e. The van der Waals surface area contributed by atoms with Gasteiger partial charge in [0.1, 0.15) is 5.52 Å². The van der Waals surface area contributed by atoms with Crippen molar-refractivity contribution < 1.29 is 5.11 Å². The SMILES string of the molecule is CNC[C@]1(O)CCCN(c2ccnc3cccnc23)C1. The van der Waals surface area contributed by atoms with Crippen LogP contribution < -0.4 is 10.2 Å². The fraction of sp³-hybridized carbons (Fsp3) is 0.467. The number of anilines is 1. The molecule has 0 bridgehead atoms. The van der Waals surface area contributed by atoms with Crippen LogP contribution in [0.3, 0.4) is 0 Å². The molecule has 5 nitrogen and oxygen atoms in total. The molecule has 0 spiro atoms. The zero-order chi connectivity index (χ0) is 14.0. The lowest BCUT2D eigenvalue weighted by atomic mass is 9.92. The maximum Gasteiger partial charge on any atom is 0.112 e. The third-order valence-electron chi connectivity index (χ3n) is 3.88. The van der Waals surface area contributed by atoms with Crippen LogP contribution in [0.25, 0.3) is 11.0 Å². The quantitative estimate of drug-likeness (QED) is 0.878. The van der Waals surface area contributed by atoms with E-state index in [9.17, 15) is 5.11 Å². The van der Waals surface area contributed by atoms with E-state index < -0.39 is 5.60 Å². The van der Waals surface area contributed by atoms with Crippen LogP contribution in [0.1, 0.15) is 12.8 Å². The number of hydrogen-bond donors (Lipinski definition) is 2. The molecule has 1 saturated heterocycles. The summed E-state index contributed by atoms with van der Waals surface area (Å²) in [6, 6.07) is 5.85. The number of pyridine rings is 2. The fourth-order valence-corrected chi connectivity index (χ4v) is 3.01. The van der Waals surface area contributed by atoms with E-state index >= 15 is 0 Å². The molecule has 0 aliphatic carbocycles. The lowest BCUT2D eigenvalue weighted by molar-refractivity contribution is 0.0282. The van der Waals surface area contributed by atoms with Crippen molar-refractivity contribution in [2.45, 2.75) is 18.4 Å². The molecule has 2 N–H and O–H groups in total. The largest absolute Gasteiger partial charge is 0.387 e. The summed E-state index contributed by atoms with van der Waals surface area (Å²) in [7, 11) is 1.88. The van der Waals surface area contributed by atoms with E-state index in [2.05, 4.69) is 20.2 Å². The summed E-state index contributed by atoms with van der Waals surface area (Å²) in [4.78, 5) is 11.0. The van der Waals surface area contributed by atoms with Gasteiger partial charge in [-0.3, -0.25) is 9.97 Å². The van der Waals surface area contributed by atoms with Crippen molar-refractivity contribution in [1.82, 2.24) is 15.3 Å². The first-order valence-corrected chi connectivity index (χ1v) is 7.03. The second-order valence-corrected chi connectivity index (χ2v) is 5.48. The maximum atomic E-state index is 10.6. The first kappa shape index (κ1) is 13.3. The number of piperidine rings is 1. The van der Waals surface area contributed by atoms with Gasteiger partial charge in [0, 0.05) is 32.0 Å². The summed E-state index contributed by atoms with van der Waals surface area (Å²) >= 11 is 0. The molecule has 0 unspecified atom stereocenters. The van der Waals surface area contributed by atoms with Crippen LogP contribution in [0.2, 0.25) is 0 Å². The van der Waals surface area contributed by atoms with Crippen LogP contribution in [0.5, 0.6) is 0 Å². The van der Waals surface area contributed by atoms with Crippen LogP contribution in [-0.2, 0) is 0 Å². The van der Waals surface area contributed by atoms with Crippen molar-refractivity contribution in [3.8, 4) is 0 Å². The van der Waals surface area contributed by atoms with E-state index in [1.54, 1.807) is 6.20 Å². The maximum absolute atomic E-state index is 10.6. The Morgan fingerprint density at radius 3 is 3.10 bits per heavy atom. The Hall–Kier alpha value is -1.72. The summed E-state index contributed by atoms with van der Waals surface area (Å²) in [5.74, 6) is 0. The van der Waals surface area contributed by atoms with Gasteiger partial charge in [0.05, 0.1) is 16.8 Å². The number of fused-ring (bicyclic) bond motifs is 1. The molecule has 20 heavy (non-hydrogen) atoms. The van der Waals surface area contributed by atoms with Crippen molar-refractivity contribution in [1.29, 1.82) is 0 Å². The van der Waals surface area contributed by atoms with E-state index in [0.717, 1.165) is 36.1 Å². The topological polar surface area (TPSA) is 61.3 Å². The molecule has 0 radical (unpaired) electrons. The highest BCUT2D eigenvalue weighted by atomic mass is 16.3. The lowest BCUT2D eigenvalue weighted by Gasteiger charge is -2.40. The summed E-state index contributed by atoms with van der Waals surface area (Å²) in [6.45, 7) is 2.19. The molecule has 1 aliphatic heterocycles. The number of aliphatic hydroxyl groups is 1.